The van der Waals surface area contributed by atoms with Gasteiger partial charge in [-0.25, -0.2) is 0 Å². The van der Waals surface area contributed by atoms with Gasteiger partial charge in [-0.1, -0.05) is 32.9 Å². The third kappa shape index (κ3) is 4.96. The Hall–Kier alpha value is -0.870. The lowest BCUT2D eigenvalue weighted by Crippen LogP contribution is -2.30. The first kappa shape index (κ1) is 16.2. The number of hydrogen-bond acceptors (Lipinski definition) is 4. The molecule has 0 amide bonds. The van der Waals surface area contributed by atoms with Gasteiger partial charge in [0.2, 0.25) is 0 Å². The minimum atomic E-state index is -0.444. The fourth-order valence-electron chi connectivity index (χ4n) is 2.45. The van der Waals surface area contributed by atoms with Gasteiger partial charge in [-0.2, -0.15) is 0 Å². The van der Waals surface area contributed by atoms with Crippen LogP contribution in [0, 0.1) is 5.41 Å². The number of nitrogens with zero attached hydrogens (tertiary/aromatic N) is 1. The topological polar surface area (TPSA) is 49.5 Å². The summed E-state index contributed by atoms with van der Waals surface area (Å²) in [5.41, 5.74) is -0.340. The zero-order valence-corrected chi connectivity index (χ0v) is 12.9. The zero-order valence-electron chi connectivity index (χ0n) is 12.9. The molecule has 4 nitrogen and oxygen atoms in total. The Bertz CT molecular complexity index is 349. The van der Waals surface area contributed by atoms with Gasteiger partial charge in [0.25, 0.3) is 0 Å². The lowest BCUT2D eigenvalue weighted by atomic mass is 9.90. The van der Waals surface area contributed by atoms with Gasteiger partial charge in [-0.05, 0) is 26.2 Å². The van der Waals surface area contributed by atoms with Crippen LogP contribution in [0.5, 0.6) is 0 Å². The van der Waals surface area contributed by atoms with Crippen molar-refractivity contribution in [3.63, 3.8) is 0 Å². The van der Waals surface area contributed by atoms with E-state index in [1.165, 1.54) is 0 Å². The molecule has 4 heteroatoms. The number of rotatable bonds is 4. The highest BCUT2D eigenvalue weighted by atomic mass is 16.6. The van der Waals surface area contributed by atoms with E-state index in [1.54, 1.807) is 6.08 Å². The van der Waals surface area contributed by atoms with E-state index in [-0.39, 0.29) is 24.0 Å². The number of aliphatic hydroxyl groups is 1. The van der Waals surface area contributed by atoms with Crippen molar-refractivity contribution in [3.8, 4) is 0 Å². The van der Waals surface area contributed by atoms with Crippen LogP contribution in [-0.4, -0.2) is 46.8 Å². The Kier molecular flexibility index (Phi) is 4.80. The average Bonchev–Trinajstić information content (AvgIpc) is 2.84. The summed E-state index contributed by atoms with van der Waals surface area (Å²) in [5, 5.41) is 8.86. The molecule has 1 unspecified atom stereocenters. The molecule has 0 aromatic carbocycles. The second-order valence-electron chi connectivity index (χ2n) is 7.17. The predicted molar refractivity (Wildman–Crippen MR) is 75.8 cm³/mol. The van der Waals surface area contributed by atoms with E-state index in [1.807, 2.05) is 26.8 Å². The highest BCUT2D eigenvalue weighted by Crippen LogP contribution is 2.42. The third-order valence-electron chi connectivity index (χ3n) is 3.03. The minimum absolute atomic E-state index is 0.0354. The maximum absolute atomic E-state index is 11.9. The lowest BCUT2D eigenvalue weighted by Gasteiger charge is -2.21. The van der Waals surface area contributed by atoms with Crippen LogP contribution >= 0.6 is 0 Å². The molecule has 1 N–H and O–H groups in total. The Morgan fingerprint density at radius 2 is 1.84 bits per heavy atom. The number of ether oxygens (including phenoxy) is 1. The molecule has 1 rings (SSSR count). The second kappa shape index (κ2) is 5.63. The summed E-state index contributed by atoms with van der Waals surface area (Å²) in [6, 6.07) is 0.544. The molecule has 0 spiro atoms. The third-order valence-corrected chi connectivity index (χ3v) is 3.03. The summed E-state index contributed by atoms with van der Waals surface area (Å²) >= 11 is 0. The maximum atomic E-state index is 11.9. The highest BCUT2D eigenvalue weighted by Gasteiger charge is 2.52. The maximum Gasteiger partial charge on any atom is 0.320 e. The molecule has 1 aliphatic rings. The van der Waals surface area contributed by atoms with Gasteiger partial charge in [-0.15, -0.1) is 0 Å². The van der Waals surface area contributed by atoms with Gasteiger partial charge in [0.15, 0.2) is 0 Å². The Labute approximate surface area is 116 Å². The van der Waals surface area contributed by atoms with Crippen LogP contribution < -0.4 is 0 Å². The molecule has 0 radical (unpaired) electrons. The number of esters is 1. The molecule has 110 valence electrons. The summed E-state index contributed by atoms with van der Waals surface area (Å²) in [6.45, 7) is 12.4. The summed E-state index contributed by atoms with van der Waals surface area (Å²) < 4.78 is 5.35. The van der Waals surface area contributed by atoms with E-state index < -0.39 is 5.60 Å². The minimum Gasteiger partial charge on any atom is -0.459 e. The summed E-state index contributed by atoms with van der Waals surface area (Å²) in [7, 11) is 0. The molecule has 1 heterocycles. The summed E-state index contributed by atoms with van der Waals surface area (Å²) in [5.74, 6) is -0.193. The van der Waals surface area contributed by atoms with Crippen LogP contribution in [-0.2, 0) is 9.53 Å². The predicted octanol–water partition coefficient (Wildman–Crippen LogP) is 1.98. The standard InChI is InChI=1S/C15H27NO3/c1-14(2,3)13-11(8-7-9-17)16(13)10-12(18)19-15(4,5)6/h7-8,11,13,17H,9-10H2,1-6H3/b8-7-/t11-,13+,16?/m1/s1. The van der Waals surface area contributed by atoms with Crippen molar-refractivity contribution in [1.29, 1.82) is 0 Å². The van der Waals surface area contributed by atoms with E-state index in [4.69, 9.17) is 9.84 Å². The van der Waals surface area contributed by atoms with E-state index in [9.17, 15) is 4.79 Å². The normalized spacial score (nSPS) is 27.6. The lowest BCUT2D eigenvalue weighted by molar-refractivity contribution is -0.155. The molecule has 0 aromatic heterocycles. The first-order valence-corrected chi connectivity index (χ1v) is 6.81. The van der Waals surface area contributed by atoms with Crippen molar-refractivity contribution in [2.75, 3.05) is 13.2 Å². The summed E-state index contributed by atoms with van der Waals surface area (Å²) in [4.78, 5) is 14.0. The highest BCUT2D eigenvalue weighted by molar-refractivity contribution is 5.73. The number of carbonyl (C=O) groups is 1. The molecular formula is C15H27NO3. The number of carbonyl (C=O) groups excluding carboxylic acids is 1. The van der Waals surface area contributed by atoms with Crippen molar-refractivity contribution in [2.45, 2.75) is 59.2 Å². The van der Waals surface area contributed by atoms with E-state index >= 15 is 0 Å². The van der Waals surface area contributed by atoms with Crippen molar-refractivity contribution in [2.24, 2.45) is 5.41 Å². The fourth-order valence-corrected chi connectivity index (χ4v) is 2.45. The molecule has 1 fully saturated rings. The summed E-state index contributed by atoms with van der Waals surface area (Å²) in [6.07, 6.45) is 3.71. The molecule has 0 aliphatic carbocycles. The fraction of sp³-hybridized carbons (Fsp3) is 0.800. The van der Waals surface area contributed by atoms with Crippen molar-refractivity contribution in [3.05, 3.63) is 12.2 Å². The smallest absolute Gasteiger partial charge is 0.320 e. The average molecular weight is 269 g/mol. The van der Waals surface area contributed by atoms with Gasteiger partial charge in [0.05, 0.1) is 13.2 Å². The van der Waals surface area contributed by atoms with Crippen LogP contribution in [0.1, 0.15) is 41.5 Å². The van der Waals surface area contributed by atoms with Crippen molar-refractivity contribution < 1.29 is 14.6 Å². The monoisotopic (exact) mass is 269 g/mol. The first-order valence-electron chi connectivity index (χ1n) is 6.81. The van der Waals surface area contributed by atoms with Crippen LogP contribution in [0.15, 0.2) is 12.2 Å². The van der Waals surface area contributed by atoms with Gasteiger partial charge in [0, 0.05) is 12.1 Å². The molecule has 0 saturated carbocycles. The number of hydrogen-bond donors (Lipinski definition) is 1. The van der Waals surface area contributed by atoms with E-state index in [0.29, 0.717) is 12.6 Å². The van der Waals surface area contributed by atoms with Gasteiger partial charge in [0.1, 0.15) is 5.60 Å². The zero-order chi connectivity index (χ0) is 14.8. The first-order chi connectivity index (χ1) is 8.56. The van der Waals surface area contributed by atoms with Gasteiger partial charge >= 0.3 is 5.97 Å². The van der Waals surface area contributed by atoms with Crippen LogP contribution in [0.2, 0.25) is 0 Å². The molecule has 0 aromatic rings. The molecule has 0 bridgehead atoms. The van der Waals surface area contributed by atoms with E-state index in [2.05, 4.69) is 25.7 Å². The van der Waals surface area contributed by atoms with E-state index in [0.717, 1.165) is 0 Å². The SMILES string of the molecule is CC(C)(C)OC(=O)CN1[C@H](/C=C\CO)[C@H]1C(C)(C)C. The molecule has 1 saturated heterocycles. The second-order valence-corrected chi connectivity index (χ2v) is 7.17. The molecule has 1 aliphatic heterocycles. The molecule has 19 heavy (non-hydrogen) atoms. The Balaban J connectivity index is 2.61. The van der Waals surface area contributed by atoms with Gasteiger partial charge in [-0.3, -0.25) is 9.69 Å². The van der Waals surface area contributed by atoms with Crippen LogP contribution in [0.25, 0.3) is 0 Å². The van der Waals surface area contributed by atoms with Gasteiger partial charge < -0.3 is 9.84 Å². The quantitative estimate of drug-likeness (QED) is 0.481. The largest absolute Gasteiger partial charge is 0.459 e. The van der Waals surface area contributed by atoms with Crippen LogP contribution in [0.4, 0.5) is 0 Å². The Morgan fingerprint density at radius 3 is 2.26 bits per heavy atom. The number of aliphatic hydroxyl groups excluding tert-OH is 1. The van der Waals surface area contributed by atoms with Crippen LogP contribution in [0.3, 0.4) is 0 Å². The molecular weight excluding hydrogens is 242 g/mol. The Morgan fingerprint density at radius 1 is 1.26 bits per heavy atom. The molecule has 3 atom stereocenters. The van der Waals surface area contributed by atoms with Crippen molar-refractivity contribution in [1.82, 2.24) is 4.90 Å². The van der Waals surface area contributed by atoms with Crippen molar-refractivity contribution >= 4 is 5.97 Å².